The van der Waals surface area contributed by atoms with Gasteiger partial charge in [-0.2, -0.15) is 4.98 Å². The summed E-state index contributed by atoms with van der Waals surface area (Å²) in [7, 11) is 2.11. The molecule has 0 radical (unpaired) electrons. The van der Waals surface area contributed by atoms with Gasteiger partial charge in [0.1, 0.15) is 11.6 Å². The molecule has 3 aromatic carbocycles. The zero-order chi connectivity index (χ0) is 33.5. The molecule has 1 aromatic heterocycles. The van der Waals surface area contributed by atoms with Crippen LogP contribution in [0.1, 0.15) is 28.7 Å². The van der Waals surface area contributed by atoms with E-state index in [0.29, 0.717) is 23.6 Å². The van der Waals surface area contributed by atoms with Crippen molar-refractivity contribution in [3.05, 3.63) is 100 Å². The third-order valence-corrected chi connectivity index (χ3v) is 7.92. The Balaban J connectivity index is 1.29. The number of rotatable bonds is 11. The highest BCUT2D eigenvalue weighted by atomic mass is 19.2. The van der Waals surface area contributed by atoms with Crippen LogP contribution in [0.15, 0.2) is 60.8 Å². The summed E-state index contributed by atoms with van der Waals surface area (Å²) in [5.74, 6) is -1.86. The topological polar surface area (TPSA) is 83.1 Å². The van der Waals surface area contributed by atoms with Crippen LogP contribution in [0.3, 0.4) is 0 Å². The van der Waals surface area contributed by atoms with Crippen molar-refractivity contribution in [2.75, 3.05) is 56.6 Å². The Hall–Kier alpha value is -4.68. The third kappa shape index (κ3) is 8.99. The smallest absolute Gasteiger partial charge is 0.421 e. The van der Waals surface area contributed by atoms with Gasteiger partial charge < -0.3 is 24.6 Å². The van der Waals surface area contributed by atoms with Crippen LogP contribution in [0.4, 0.5) is 35.4 Å². The van der Waals surface area contributed by atoms with E-state index in [1.165, 1.54) is 35.4 Å². The fraction of sp³-hybridized carbons (Fsp3) is 0.343. The molecule has 0 saturated carbocycles. The number of nitrogens with zero attached hydrogens (tertiary/aromatic N) is 5. The number of anilines is 3. The van der Waals surface area contributed by atoms with Gasteiger partial charge in [-0.15, -0.1) is 0 Å². The summed E-state index contributed by atoms with van der Waals surface area (Å²) >= 11 is 0. The lowest BCUT2D eigenvalue weighted by Gasteiger charge is -2.32. The standard InChI is InChI=1S/C35H39F3N6O3/c1-23-18-24(2)33(25(3)19-23)47-35(45)44(22-26-6-8-28(36)29(37)20-26)32-10-11-39-34(41-32)40-27-7-9-31(30(38)21-27)46-17-5-12-43-15-13-42(4)14-16-43/h6-11,18-21H,5,12-17,22H2,1-4H3,(H,39,40,41). The van der Waals surface area contributed by atoms with Gasteiger partial charge in [0.25, 0.3) is 0 Å². The molecule has 0 spiro atoms. The minimum absolute atomic E-state index is 0.0773. The summed E-state index contributed by atoms with van der Waals surface area (Å²) in [4.78, 5) is 28.2. The molecule has 1 aliphatic heterocycles. The Morgan fingerprint density at radius 2 is 1.66 bits per heavy atom. The Morgan fingerprint density at radius 1 is 0.915 bits per heavy atom. The Bertz CT molecular complexity index is 1690. The second kappa shape index (κ2) is 15.3. The van der Waals surface area contributed by atoms with Crippen LogP contribution in [0.25, 0.3) is 0 Å². The number of likely N-dealkylation sites (N-methyl/N-ethyl adjacent to an activating group) is 1. The molecule has 248 valence electrons. The number of nitrogens with one attached hydrogen (secondary N) is 1. The van der Waals surface area contributed by atoms with Crippen molar-refractivity contribution in [1.29, 1.82) is 0 Å². The van der Waals surface area contributed by atoms with E-state index in [1.807, 2.05) is 32.9 Å². The van der Waals surface area contributed by atoms with Gasteiger partial charge in [0.15, 0.2) is 23.2 Å². The number of halogens is 3. The SMILES string of the molecule is Cc1cc(C)c(OC(=O)N(Cc2ccc(F)c(F)c2)c2ccnc(Nc3ccc(OCCCN4CCN(C)CC4)c(F)c3)n2)c(C)c1. The molecule has 0 atom stereocenters. The highest BCUT2D eigenvalue weighted by Crippen LogP contribution is 2.28. The zero-order valence-electron chi connectivity index (χ0n) is 27.0. The number of piperazine rings is 1. The normalized spacial score (nSPS) is 13.8. The van der Waals surface area contributed by atoms with E-state index < -0.39 is 23.5 Å². The lowest BCUT2D eigenvalue weighted by molar-refractivity contribution is 0.145. The number of carbonyl (C=O) groups is 1. The van der Waals surface area contributed by atoms with Gasteiger partial charge in [0.2, 0.25) is 5.95 Å². The van der Waals surface area contributed by atoms with E-state index in [0.717, 1.165) is 68.0 Å². The first kappa shape index (κ1) is 33.7. The molecule has 1 saturated heterocycles. The molecule has 1 amide bonds. The molecule has 4 aromatic rings. The maximum atomic E-state index is 14.9. The molecular weight excluding hydrogens is 609 g/mol. The predicted molar refractivity (Wildman–Crippen MR) is 175 cm³/mol. The number of hydrogen-bond donors (Lipinski definition) is 1. The summed E-state index contributed by atoms with van der Waals surface area (Å²) in [6, 6.07) is 13.1. The number of ether oxygens (including phenoxy) is 2. The van der Waals surface area contributed by atoms with Gasteiger partial charge in [0, 0.05) is 50.7 Å². The quantitative estimate of drug-likeness (QED) is 0.178. The van der Waals surface area contributed by atoms with Crippen LogP contribution < -0.4 is 19.7 Å². The van der Waals surface area contributed by atoms with Crippen molar-refractivity contribution >= 4 is 23.5 Å². The molecule has 1 aliphatic rings. The Morgan fingerprint density at radius 3 is 2.36 bits per heavy atom. The van der Waals surface area contributed by atoms with E-state index >= 15 is 0 Å². The van der Waals surface area contributed by atoms with E-state index in [-0.39, 0.29) is 24.1 Å². The highest BCUT2D eigenvalue weighted by Gasteiger charge is 2.23. The summed E-state index contributed by atoms with van der Waals surface area (Å²) in [6.07, 6.45) is 1.43. The van der Waals surface area contributed by atoms with Crippen molar-refractivity contribution < 1.29 is 27.4 Å². The summed E-state index contributed by atoms with van der Waals surface area (Å²) in [5, 5.41) is 2.96. The molecular formula is C35H39F3N6O3. The molecule has 12 heteroatoms. The van der Waals surface area contributed by atoms with Crippen LogP contribution in [0.2, 0.25) is 0 Å². The minimum atomic E-state index is -1.05. The van der Waals surface area contributed by atoms with E-state index in [2.05, 4.69) is 32.1 Å². The number of aromatic nitrogens is 2. The van der Waals surface area contributed by atoms with Crippen LogP contribution in [-0.4, -0.2) is 72.2 Å². The number of carbonyl (C=O) groups excluding carboxylic acids is 1. The fourth-order valence-corrected chi connectivity index (χ4v) is 5.46. The second-order valence-electron chi connectivity index (χ2n) is 11.8. The monoisotopic (exact) mass is 648 g/mol. The summed E-state index contributed by atoms with van der Waals surface area (Å²) in [6.45, 7) is 10.8. The molecule has 0 unspecified atom stereocenters. The maximum Gasteiger partial charge on any atom is 0.421 e. The first-order valence-corrected chi connectivity index (χ1v) is 15.5. The van der Waals surface area contributed by atoms with Gasteiger partial charge in [0.05, 0.1) is 13.2 Å². The van der Waals surface area contributed by atoms with Gasteiger partial charge in [-0.3, -0.25) is 4.90 Å². The zero-order valence-corrected chi connectivity index (χ0v) is 27.0. The largest absolute Gasteiger partial charge is 0.490 e. The first-order valence-electron chi connectivity index (χ1n) is 15.5. The fourth-order valence-electron chi connectivity index (χ4n) is 5.46. The van der Waals surface area contributed by atoms with Gasteiger partial charge in [-0.05, 0) is 81.3 Å². The van der Waals surface area contributed by atoms with Crippen molar-refractivity contribution in [3.63, 3.8) is 0 Å². The molecule has 47 heavy (non-hydrogen) atoms. The summed E-state index contributed by atoms with van der Waals surface area (Å²) in [5.41, 5.74) is 3.22. The summed E-state index contributed by atoms with van der Waals surface area (Å²) < 4.78 is 54.2. The van der Waals surface area contributed by atoms with Gasteiger partial charge in [-0.1, -0.05) is 23.8 Å². The van der Waals surface area contributed by atoms with Crippen LogP contribution in [-0.2, 0) is 6.54 Å². The number of aryl methyl sites for hydroxylation is 3. The van der Waals surface area contributed by atoms with Crippen molar-refractivity contribution in [1.82, 2.24) is 19.8 Å². The number of amides is 1. The molecule has 1 N–H and O–H groups in total. The first-order chi connectivity index (χ1) is 22.5. The van der Waals surface area contributed by atoms with E-state index in [4.69, 9.17) is 9.47 Å². The molecule has 5 rings (SSSR count). The maximum absolute atomic E-state index is 14.9. The van der Waals surface area contributed by atoms with E-state index in [9.17, 15) is 18.0 Å². The second-order valence-corrected chi connectivity index (χ2v) is 11.8. The molecule has 2 heterocycles. The van der Waals surface area contributed by atoms with Crippen molar-refractivity contribution in [2.24, 2.45) is 0 Å². The molecule has 9 nitrogen and oxygen atoms in total. The number of benzene rings is 3. The third-order valence-electron chi connectivity index (χ3n) is 7.92. The molecule has 1 fully saturated rings. The van der Waals surface area contributed by atoms with Crippen LogP contribution >= 0.6 is 0 Å². The van der Waals surface area contributed by atoms with Crippen molar-refractivity contribution in [3.8, 4) is 11.5 Å². The van der Waals surface area contributed by atoms with Crippen LogP contribution in [0, 0.1) is 38.2 Å². The Kier molecular flexibility index (Phi) is 10.9. The van der Waals surface area contributed by atoms with Gasteiger partial charge >= 0.3 is 6.09 Å². The highest BCUT2D eigenvalue weighted by molar-refractivity contribution is 5.88. The lowest BCUT2D eigenvalue weighted by Crippen LogP contribution is -2.44. The minimum Gasteiger partial charge on any atom is -0.490 e. The average Bonchev–Trinajstić information content (AvgIpc) is 3.03. The van der Waals surface area contributed by atoms with Crippen molar-refractivity contribution in [2.45, 2.75) is 33.7 Å². The van der Waals surface area contributed by atoms with E-state index in [1.54, 1.807) is 6.07 Å². The number of hydrogen-bond acceptors (Lipinski definition) is 8. The lowest BCUT2D eigenvalue weighted by atomic mass is 10.1. The average molecular weight is 649 g/mol. The molecule has 0 bridgehead atoms. The molecule has 0 aliphatic carbocycles. The Labute approximate surface area is 272 Å². The van der Waals surface area contributed by atoms with Gasteiger partial charge in [-0.25, -0.2) is 22.9 Å². The van der Waals surface area contributed by atoms with Crippen LogP contribution in [0.5, 0.6) is 11.5 Å². The predicted octanol–water partition coefficient (Wildman–Crippen LogP) is 6.78.